The van der Waals surface area contributed by atoms with Gasteiger partial charge in [-0.15, -0.1) is 0 Å². The molecule has 0 aliphatic carbocycles. The highest BCUT2D eigenvalue weighted by atomic mass is 35.5. The van der Waals surface area contributed by atoms with Crippen molar-refractivity contribution in [3.05, 3.63) is 53.3 Å². The molecule has 2 N–H and O–H groups in total. The second kappa shape index (κ2) is 4.67. The monoisotopic (exact) mass is 298 g/mol. The average molecular weight is 299 g/mol. The van der Waals surface area contributed by atoms with Crippen LogP contribution in [-0.2, 0) is 13.1 Å². The molecule has 3 aromatic rings. The van der Waals surface area contributed by atoms with E-state index in [1.165, 1.54) is 5.69 Å². The quantitative estimate of drug-likeness (QED) is 0.701. The summed E-state index contributed by atoms with van der Waals surface area (Å²) >= 11 is 6.32. The molecule has 4 nitrogen and oxygen atoms in total. The number of rotatable bonds is 1. The van der Waals surface area contributed by atoms with E-state index >= 15 is 0 Å². The number of nitrogens with two attached hydrogens (primary N) is 1. The molecule has 0 atom stereocenters. The van der Waals surface area contributed by atoms with E-state index in [2.05, 4.69) is 21.6 Å². The molecule has 0 amide bonds. The maximum Gasteiger partial charge on any atom is 0.129 e. The van der Waals surface area contributed by atoms with E-state index < -0.39 is 0 Å². The Balaban J connectivity index is 1.73. The highest BCUT2D eigenvalue weighted by molar-refractivity contribution is 6.35. The van der Waals surface area contributed by atoms with Gasteiger partial charge in [0.05, 0.1) is 22.6 Å². The molecule has 4 rings (SSSR count). The smallest absolute Gasteiger partial charge is 0.129 e. The number of anilines is 2. The highest BCUT2D eigenvalue weighted by Gasteiger charge is 2.21. The van der Waals surface area contributed by atoms with Gasteiger partial charge in [-0.1, -0.05) is 17.7 Å². The minimum absolute atomic E-state index is 0.771. The van der Waals surface area contributed by atoms with Gasteiger partial charge in [-0.25, -0.2) is 4.98 Å². The van der Waals surface area contributed by atoms with Crippen molar-refractivity contribution in [1.29, 1.82) is 0 Å². The normalized spacial score (nSPS) is 14.4. The molecule has 1 aromatic heterocycles. The summed E-state index contributed by atoms with van der Waals surface area (Å²) in [7, 11) is 0. The summed E-state index contributed by atoms with van der Waals surface area (Å²) in [6.45, 7) is 2.61. The third-order valence-corrected chi connectivity index (χ3v) is 4.29. The van der Waals surface area contributed by atoms with Crippen molar-refractivity contribution in [3.8, 4) is 0 Å². The fourth-order valence-corrected chi connectivity index (χ4v) is 3.20. The lowest BCUT2D eigenvalue weighted by atomic mass is 10.2. The van der Waals surface area contributed by atoms with Crippen molar-refractivity contribution in [2.24, 2.45) is 0 Å². The summed E-state index contributed by atoms with van der Waals surface area (Å²) in [5.41, 5.74) is 9.73. The van der Waals surface area contributed by atoms with Gasteiger partial charge in [0.15, 0.2) is 0 Å². The molecule has 1 aliphatic heterocycles. The number of nitrogens with zero attached hydrogens (tertiary/aromatic N) is 3. The Labute approximate surface area is 127 Å². The molecule has 0 spiro atoms. The summed E-state index contributed by atoms with van der Waals surface area (Å²) in [5.74, 6) is 1.06. The summed E-state index contributed by atoms with van der Waals surface area (Å²) in [4.78, 5) is 7.03. The molecule has 0 saturated heterocycles. The second-order valence-electron chi connectivity index (χ2n) is 5.30. The van der Waals surface area contributed by atoms with E-state index in [9.17, 15) is 0 Å². The predicted octanol–water partition coefficient (Wildman–Crippen LogP) is 3.29. The molecule has 2 heterocycles. The van der Waals surface area contributed by atoms with Gasteiger partial charge < -0.3 is 15.2 Å². The first-order valence-corrected chi connectivity index (χ1v) is 7.34. The van der Waals surface area contributed by atoms with Crippen molar-refractivity contribution < 1.29 is 0 Å². The molecule has 21 heavy (non-hydrogen) atoms. The number of halogens is 1. The molecule has 5 heteroatoms. The average Bonchev–Trinajstić information content (AvgIpc) is 2.86. The highest BCUT2D eigenvalue weighted by Crippen LogP contribution is 2.29. The minimum atomic E-state index is 0.771. The standard InChI is InChI=1S/C16H15ClN4/c17-13-2-1-3-14-16(13)21-9-8-20(10-15(21)19-14)12-6-4-11(18)5-7-12/h1-7H,8-10,18H2. The van der Waals surface area contributed by atoms with Gasteiger partial charge >= 0.3 is 0 Å². The topological polar surface area (TPSA) is 47.1 Å². The maximum atomic E-state index is 6.32. The largest absolute Gasteiger partial charge is 0.399 e. The molecule has 0 radical (unpaired) electrons. The summed E-state index contributed by atoms with van der Waals surface area (Å²) in [6.07, 6.45) is 0. The number of hydrogen-bond donors (Lipinski definition) is 1. The Morgan fingerprint density at radius 1 is 1.05 bits per heavy atom. The molecule has 0 saturated carbocycles. The lowest BCUT2D eigenvalue weighted by Crippen LogP contribution is -2.33. The van der Waals surface area contributed by atoms with E-state index in [0.717, 1.165) is 47.2 Å². The molecule has 2 aromatic carbocycles. The van der Waals surface area contributed by atoms with Crippen LogP contribution in [0.1, 0.15) is 5.82 Å². The van der Waals surface area contributed by atoms with Gasteiger partial charge in [0.1, 0.15) is 5.82 Å². The summed E-state index contributed by atoms with van der Waals surface area (Å²) in [5, 5.41) is 0.771. The molecule has 1 aliphatic rings. The number of aromatic nitrogens is 2. The van der Waals surface area contributed by atoms with Crippen molar-refractivity contribution in [2.45, 2.75) is 13.1 Å². The minimum Gasteiger partial charge on any atom is -0.399 e. The first-order valence-electron chi connectivity index (χ1n) is 6.96. The van der Waals surface area contributed by atoms with Crippen LogP contribution in [0.4, 0.5) is 11.4 Å². The van der Waals surface area contributed by atoms with E-state index in [1.807, 2.05) is 30.3 Å². The van der Waals surface area contributed by atoms with Crippen LogP contribution in [0.15, 0.2) is 42.5 Å². The lowest BCUT2D eigenvalue weighted by Gasteiger charge is -2.30. The fourth-order valence-electron chi connectivity index (χ4n) is 2.93. The van der Waals surface area contributed by atoms with Crippen LogP contribution in [-0.4, -0.2) is 16.1 Å². The van der Waals surface area contributed by atoms with Crippen LogP contribution in [0.2, 0.25) is 5.02 Å². The second-order valence-corrected chi connectivity index (χ2v) is 5.71. The molecule has 0 bridgehead atoms. The molecule has 0 unspecified atom stereocenters. The zero-order valence-electron chi connectivity index (χ0n) is 11.5. The van der Waals surface area contributed by atoms with E-state index in [4.69, 9.17) is 22.3 Å². The van der Waals surface area contributed by atoms with Crippen LogP contribution in [0.25, 0.3) is 11.0 Å². The van der Waals surface area contributed by atoms with Crippen LogP contribution in [0.3, 0.4) is 0 Å². The molecule has 0 fully saturated rings. The summed E-state index contributed by atoms with van der Waals surface area (Å²) < 4.78 is 2.23. The molecular formula is C16H15ClN4. The SMILES string of the molecule is Nc1ccc(N2CCn3c(nc4cccc(Cl)c43)C2)cc1. The molecule has 106 valence electrons. The van der Waals surface area contributed by atoms with Gasteiger partial charge in [-0.05, 0) is 36.4 Å². The third kappa shape index (κ3) is 2.03. The number of benzene rings is 2. The van der Waals surface area contributed by atoms with E-state index in [0.29, 0.717) is 0 Å². The van der Waals surface area contributed by atoms with Crippen molar-refractivity contribution in [3.63, 3.8) is 0 Å². The van der Waals surface area contributed by atoms with Gasteiger partial charge in [-0.2, -0.15) is 0 Å². The Bertz CT molecular complexity index is 807. The van der Waals surface area contributed by atoms with Crippen LogP contribution in [0, 0.1) is 0 Å². The van der Waals surface area contributed by atoms with Gasteiger partial charge in [0.25, 0.3) is 0 Å². The maximum absolute atomic E-state index is 6.32. The Morgan fingerprint density at radius 2 is 1.86 bits per heavy atom. The third-order valence-electron chi connectivity index (χ3n) is 3.98. The van der Waals surface area contributed by atoms with Crippen LogP contribution in [0.5, 0.6) is 0 Å². The van der Waals surface area contributed by atoms with Gasteiger partial charge in [0.2, 0.25) is 0 Å². The Hall–Kier alpha value is -2.20. The first-order chi connectivity index (χ1) is 10.2. The van der Waals surface area contributed by atoms with E-state index in [1.54, 1.807) is 0 Å². The number of para-hydroxylation sites is 1. The molecular weight excluding hydrogens is 284 g/mol. The van der Waals surface area contributed by atoms with E-state index in [-0.39, 0.29) is 0 Å². The number of fused-ring (bicyclic) bond motifs is 3. The van der Waals surface area contributed by atoms with Gasteiger partial charge in [0, 0.05) is 24.5 Å². The van der Waals surface area contributed by atoms with Crippen LogP contribution >= 0.6 is 11.6 Å². The van der Waals surface area contributed by atoms with Crippen LogP contribution < -0.4 is 10.6 Å². The lowest BCUT2D eigenvalue weighted by molar-refractivity contribution is 0.571. The first kappa shape index (κ1) is 12.5. The van der Waals surface area contributed by atoms with Crippen molar-refractivity contribution in [2.75, 3.05) is 17.2 Å². The Morgan fingerprint density at radius 3 is 2.67 bits per heavy atom. The number of imidazole rings is 1. The predicted molar refractivity (Wildman–Crippen MR) is 86.6 cm³/mol. The van der Waals surface area contributed by atoms with Crippen molar-refractivity contribution >= 4 is 34.0 Å². The van der Waals surface area contributed by atoms with Gasteiger partial charge in [-0.3, -0.25) is 0 Å². The van der Waals surface area contributed by atoms with Crippen molar-refractivity contribution in [1.82, 2.24) is 9.55 Å². The fraction of sp³-hybridized carbons (Fsp3) is 0.188. The summed E-state index contributed by atoms with van der Waals surface area (Å²) in [6, 6.07) is 13.9. The zero-order chi connectivity index (χ0) is 14.4. The zero-order valence-corrected chi connectivity index (χ0v) is 12.2. The Kier molecular flexibility index (Phi) is 2.79. The number of nitrogen functional groups attached to an aromatic ring is 1. The number of hydrogen-bond acceptors (Lipinski definition) is 3.